The van der Waals surface area contributed by atoms with Crippen molar-refractivity contribution in [1.82, 2.24) is 4.98 Å². The Morgan fingerprint density at radius 1 is 0.426 bits per heavy atom. The van der Waals surface area contributed by atoms with E-state index in [0.717, 1.165) is 61.8 Å². The highest BCUT2D eigenvalue weighted by Gasteiger charge is 2.39. The largest absolute Gasteiger partial charge is 0.449 e. The normalized spacial score (nSPS) is 13.4. The molecule has 1 aliphatic heterocycles. The van der Waals surface area contributed by atoms with Crippen LogP contribution in [0, 0.1) is 0 Å². The highest BCUT2D eigenvalue weighted by atomic mass is 16.6. The fourth-order valence-corrected chi connectivity index (χ4v) is 7.22. The van der Waals surface area contributed by atoms with E-state index in [9.17, 15) is 0 Å². The SMILES string of the molecule is CC1(C)c2ccccc2-c2c1ccc1c2Oc2c(cccc2-c2ccccc2-c2cc(-c3ccccc3)cc(-c3ccccc3)n2)O1. The predicted octanol–water partition coefficient (Wildman–Crippen LogP) is 12.0. The molecule has 6 aromatic carbocycles. The van der Waals surface area contributed by atoms with E-state index in [4.69, 9.17) is 14.5 Å². The van der Waals surface area contributed by atoms with Crippen molar-refractivity contribution in [3.05, 3.63) is 163 Å². The summed E-state index contributed by atoms with van der Waals surface area (Å²) < 4.78 is 13.6. The standard InChI is InChI=1S/C44H31NO2/c1-44(2)35-22-12-11-20-34(35)41-36(44)24-25-40-43(41)47-42-33(21-13-23-39(42)46-40)31-18-9-10-19-32(31)38-27-30(28-14-5-3-6-15-28)26-37(45-38)29-16-7-4-8-17-29/h3-27H,1-2H3. The zero-order valence-electron chi connectivity index (χ0n) is 26.2. The van der Waals surface area contributed by atoms with Gasteiger partial charge < -0.3 is 9.47 Å². The Bertz CT molecular complexity index is 2270. The van der Waals surface area contributed by atoms with Crippen molar-refractivity contribution >= 4 is 0 Å². The van der Waals surface area contributed by atoms with Gasteiger partial charge in [0, 0.05) is 27.7 Å². The van der Waals surface area contributed by atoms with Crippen molar-refractivity contribution in [2.45, 2.75) is 19.3 Å². The average Bonchev–Trinajstić information content (AvgIpc) is 3.37. The number of aromatic nitrogens is 1. The summed E-state index contributed by atoms with van der Waals surface area (Å²) >= 11 is 0. The van der Waals surface area contributed by atoms with E-state index in [1.807, 2.05) is 24.3 Å². The molecule has 0 spiro atoms. The van der Waals surface area contributed by atoms with Gasteiger partial charge in [-0.1, -0.05) is 141 Å². The Morgan fingerprint density at radius 2 is 1.04 bits per heavy atom. The number of para-hydroxylation sites is 1. The Kier molecular flexibility index (Phi) is 6.16. The summed E-state index contributed by atoms with van der Waals surface area (Å²) in [5, 5.41) is 0. The maximum absolute atomic E-state index is 6.99. The van der Waals surface area contributed by atoms with Crippen molar-refractivity contribution in [3.63, 3.8) is 0 Å². The molecule has 224 valence electrons. The van der Waals surface area contributed by atoms with Gasteiger partial charge in [-0.3, -0.25) is 0 Å². The van der Waals surface area contributed by atoms with Crippen LogP contribution in [0.15, 0.2) is 152 Å². The van der Waals surface area contributed by atoms with Crippen LogP contribution in [0.25, 0.3) is 55.9 Å². The summed E-state index contributed by atoms with van der Waals surface area (Å²) in [7, 11) is 0. The number of hydrogen-bond donors (Lipinski definition) is 0. The number of hydrogen-bond acceptors (Lipinski definition) is 3. The number of fused-ring (bicyclic) bond motifs is 6. The van der Waals surface area contributed by atoms with Gasteiger partial charge in [-0.2, -0.15) is 0 Å². The van der Waals surface area contributed by atoms with E-state index < -0.39 is 0 Å². The summed E-state index contributed by atoms with van der Waals surface area (Å²) in [5.74, 6) is 2.92. The lowest BCUT2D eigenvalue weighted by Crippen LogP contribution is -2.15. The predicted molar refractivity (Wildman–Crippen MR) is 190 cm³/mol. The van der Waals surface area contributed by atoms with Gasteiger partial charge in [0.1, 0.15) is 0 Å². The first-order chi connectivity index (χ1) is 23.1. The first kappa shape index (κ1) is 27.4. The van der Waals surface area contributed by atoms with Crippen LogP contribution in [-0.4, -0.2) is 4.98 Å². The van der Waals surface area contributed by atoms with Gasteiger partial charge in [-0.25, -0.2) is 4.98 Å². The van der Waals surface area contributed by atoms with Crippen LogP contribution in [0.3, 0.4) is 0 Å². The second kappa shape index (κ2) is 10.6. The fraction of sp³-hybridized carbons (Fsp3) is 0.0682. The first-order valence-corrected chi connectivity index (χ1v) is 16.0. The summed E-state index contributed by atoms with van der Waals surface area (Å²) in [6.45, 7) is 4.56. The molecular weight excluding hydrogens is 574 g/mol. The number of benzene rings is 6. The molecule has 0 amide bonds. The molecule has 2 heterocycles. The molecule has 1 aliphatic carbocycles. The molecule has 0 saturated heterocycles. The van der Waals surface area contributed by atoms with Crippen LogP contribution < -0.4 is 9.47 Å². The van der Waals surface area contributed by atoms with Gasteiger partial charge in [0.15, 0.2) is 23.0 Å². The van der Waals surface area contributed by atoms with Gasteiger partial charge in [0.25, 0.3) is 0 Å². The highest BCUT2D eigenvalue weighted by molar-refractivity contribution is 5.91. The lowest BCUT2D eigenvalue weighted by molar-refractivity contribution is 0.361. The van der Waals surface area contributed by atoms with Crippen LogP contribution >= 0.6 is 0 Å². The Hall–Kier alpha value is -5.93. The highest BCUT2D eigenvalue weighted by Crippen LogP contribution is 2.59. The lowest BCUT2D eigenvalue weighted by Gasteiger charge is -2.27. The zero-order chi connectivity index (χ0) is 31.5. The third-order valence-corrected chi connectivity index (χ3v) is 9.56. The maximum Gasteiger partial charge on any atom is 0.178 e. The minimum atomic E-state index is -0.136. The molecule has 0 fully saturated rings. The molecule has 0 radical (unpaired) electrons. The van der Waals surface area contributed by atoms with Gasteiger partial charge in [-0.15, -0.1) is 0 Å². The lowest BCUT2D eigenvalue weighted by atomic mass is 9.82. The summed E-state index contributed by atoms with van der Waals surface area (Å²) in [6.07, 6.45) is 0. The summed E-state index contributed by atoms with van der Waals surface area (Å²) in [6, 6.07) is 52.7. The number of pyridine rings is 1. The van der Waals surface area contributed by atoms with E-state index in [1.54, 1.807) is 0 Å². The van der Waals surface area contributed by atoms with Gasteiger partial charge in [-0.05, 0) is 57.6 Å². The maximum atomic E-state index is 6.99. The molecule has 3 nitrogen and oxygen atoms in total. The molecule has 3 heteroatoms. The third-order valence-electron chi connectivity index (χ3n) is 9.56. The third kappa shape index (κ3) is 4.39. The van der Waals surface area contributed by atoms with E-state index in [2.05, 4.69) is 141 Å². The molecular formula is C44H31NO2. The second-order valence-electron chi connectivity index (χ2n) is 12.7. The van der Waals surface area contributed by atoms with E-state index in [-0.39, 0.29) is 5.41 Å². The van der Waals surface area contributed by atoms with Gasteiger partial charge >= 0.3 is 0 Å². The fourth-order valence-electron chi connectivity index (χ4n) is 7.22. The minimum Gasteiger partial charge on any atom is -0.449 e. The van der Waals surface area contributed by atoms with Crippen molar-refractivity contribution in [1.29, 1.82) is 0 Å². The van der Waals surface area contributed by atoms with Crippen LogP contribution in [-0.2, 0) is 5.41 Å². The van der Waals surface area contributed by atoms with Gasteiger partial charge in [0.05, 0.1) is 11.4 Å². The second-order valence-corrected chi connectivity index (χ2v) is 12.7. The van der Waals surface area contributed by atoms with E-state index in [0.29, 0.717) is 11.5 Å². The molecule has 2 aliphatic rings. The van der Waals surface area contributed by atoms with Crippen molar-refractivity contribution in [2.75, 3.05) is 0 Å². The molecule has 0 saturated carbocycles. The molecule has 9 rings (SSSR count). The van der Waals surface area contributed by atoms with Crippen LogP contribution in [0.5, 0.6) is 23.0 Å². The summed E-state index contributed by atoms with van der Waals surface area (Å²) in [4.78, 5) is 5.25. The minimum absolute atomic E-state index is 0.136. The monoisotopic (exact) mass is 605 g/mol. The first-order valence-electron chi connectivity index (χ1n) is 16.0. The molecule has 1 aromatic heterocycles. The molecule has 0 atom stereocenters. The summed E-state index contributed by atoms with van der Waals surface area (Å²) in [5.41, 5.74) is 12.9. The smallest absolute Gasteiger partial charge is 0.178 e. The Morgan fingerprint density at radius 3 is 1.83 bits per heavy atom. The average molecular weight is 606 g/mol. The van der Waals surface area contributed by atoms with Crippen LogP contribution in [0.2, 0.25) is 0 Å². The van der Waals surface area contributed by atoms with E-state index in [1.165, 1.54) is 16.7 Å². The van der Waals surface area contributed by atoms with E-state index >= 15 is 0 Å². The quantitative estimate of drug-likeness (QED) is 0.200. The molecule has 0 bridgehead atoms. The van der Waals surface area contributed by atoms with Crippen molar-refractivity contribution < 1.29 is 9.47 Å². The zero-order valence-corrected chi connectivity index (χ0v) is 26.2. The molecule has 47 heavy (non-hydrogen) atoms. The number of nitrogens with zero attached hydrogens (tertiary/aromatic N) is 1. The van der Waals surface area contributed by atoms with Gasteiger partial charge in [0.2, 0.25) is 0 Å². The molecule has 0 unspecified atom stereocenters. The Labute approximate surface area is 274 Å². The Balaban J connectivity index is 1.21. The molecule has 7 aromatic rings. The molecule has 0 N–H and O–H groups in total. The number of ether oxygens (including phenoxy) is 2. The van der Waals surface area contributed by atoms with Crippen LogP contribution in [0.1, 0.15) is 25.0 Å². The number of rotatable bonds is 4. The van der Waals surface area contributed by atoms with Crippen molar-refractivity contribution in [2.24, 2.45) is 0 Å². The topological polar surface area (TPSA) is 31.4 Å². The van der Waals surface area contributed by atoms with Crippen LogP contribution in [0.4, 0.5) is 0 Å². The van der Waals surface area contributed by atoms with Crippen molar-refractivity contribution in [3.8, 4) is 78.9 Å².